The Morgan fingerprint density at radius 2 is 1.43 bits per heavy atom. The summed E-state index contributed by atoms with van der Waals surface area (Å²) in [5, 5.41) is 14.1. The van der Waals surface area contributed by atoms with Gasteiger partial charge in [-0.25, -0.2) is 0 Å². The molecule has 1 aliphatic carbocycles. The minimum absolute atomic E-state index is 0.709. The van der Waals surface area contributed by atoms with E-state index in [9.17, 15) is 5.11 Å². The van der Waals surface area contributed by atoms with Gasteiger partial charge in [0.25, 0.3) is 0 Å². The summed E-state index contributed by atoms with van der Waals surface area (Å²) >= 11 is 0. The van der Waals surface area contributed by atoms with E-state index in [0.717, 1.165) is 76.2 Å². The van der Waals surface area contributed by atoms with Gasteiger partial charge in [-0.2, -0.15) is 0 Å². The second-order valence-electron chi connectivity index (χ2n) is 11.1. The van der Waals surface area contributed by atoms with Crippen molar-refractivity contribution in [3.8, 4) is 29.2 Å². The Bertz CT molecular complexity index is 1920. The van der Waals surface area contributed by atoms with Gasteiger partial charge in [0, 0.05) is 52.0 Å². The van der Waals surface area contributed by atoms with E-state index in [0.29, 0.717) is 5.56 Å². The number of ether oxygens (including phenoxy) is 2. The van der Waals surface area contributed by atoms with Gasteiger partial charge in [0.05, 0.1) is 13.2 Å². The molecule has 2 unspecified atom stereocenters. The predicted molar refractivity (Wildman–Crippen MR) is 168 cm³/mol. The molecule has 1 saturated heterocycles. The van der Waals surface area contributed by atoms with Gasteiger partial charge in [0.1, 0.15) is 5.75 Å². The van der Waals surface area contributed by atoms with Crippen molar-refractivity contribution >= 4 is 22.5 Å². The standard InChI is InChI=1S/C38H29NO3/c1-2-37(40)33-15-9-8-14-31(33)34-29-12-6-7-13-30(29)36-32(35(34)37)20-21-38(42-36,26-10-4-3-5-11-26)27-16-18-28(19-17-27)39-22-24-41-25-23-39/h1,3-21,40H,22-25H2. The van der Waals surface area contributed by atoms with Gasteiger partial charge in [-0.1, -0.05) is 103 Å². The molecule has 1 fully saturated rings. The number of hydrogen-bond donors (Lipinski definition) is 1. The van der Waals surface area contributed by atoms with Crippen molar-refractivity contribution in [1.29, 1.82) is 0 Å². The first-order valence-corrected chi connectivity index (χ1v) is 14.4. The highest BCUT2D eigenvalue weighted by Crippen LogP contribution is 2.57. The molecule has 0 aromatic heterocycles. The number of benzene rings is 5. The summed E-state index contributed by atoms with van der Waals surface area (Å²) in [5.41, 5.74) is 4.94. The van der Waals surface area contributed by atoms with Crippen LogP contribution in [0.5, 0.6) is 5.75 Å². The summed E-state index contributed by atoms with van der Waals surface area (Å²) in [6.07, 6.45) is 10.3. The smallest absolute Gasteiger partial charge is 0.178 e. The molecule has 0 radical (unpaired) electrons. The number of nitrogens with zero attached hydrogens (tertiary/aromatic N) is 1. The summed E-state index contributed by atoms with van der Waals surface area (Å²) < 4.78 is 12.8. The first-order chi connectivity index (χ1) is 20.6. The third-order valence-electron chi connectivity index (χ3n) is 8.98. The highest BCUT2D eigenvalue weighted by atomic mass is 16.5. The van der Waals surface area contributed by atoms with Gasteiger partial charge in [0.15, 0.2) is 11.2 Å². The van der Waals surface area contributed by atoms with E-state index >= 15 is 0 Å². The lowest BCUT2D eigenvalue weighted by Gasteiger charge is -2.38. The minimum Gasteiger partial charge on any atom is -0.472 e. The van der Waals surface area contributed by atoms with Gasteiger partial charge in [-0.3, -0.25) is 0 Å². The lowest BCUT2D eigenvalue weighted by atomic mass is 9.80. The Balaban J connectivity index is 1.36. The molecular weight excluding hydrogens is 518 g/mol. The normalized spacial score (nSPS) is 22.1. The molecule has 2 aliphatic heterocycles. The molecule has 0 spiro atoms. The highest BCUT2D eigenvalue weighted by Gasteiger charge is 2.46. The van der Waals surface area contributed by atoms with Crippen molar-refractivity contribution in [3.05, 3.63) is 137 Å². The Kier molecular flexibility index (Phi) is 5.55. The molecule has 0 amide bonds. The fraction of sp³-hybridized carbons (Fsp3) is 0.158. The number of morpholine rings is 1. The van der Waals surface area contributed by atoms with Crippen LogP contribution in [0.4, 0.5) is 5.69 Å². The van der Waals surface area contributed by atoms with Crippen molar-refractivity contribution in [3.63, 3.8) is 0 Å². The van der Waals surface area contributed by atoms with E-state index in [1.165, 1.54) is 5.69 Å². The van der Waals surface area contributed by atoms with Crippen LogP contribution in [0, 0.1) is 12.3 Å². The molecule has 2 atom stereocenters. The number of anilines is 1. The predicted octanol–water partition coefficient (Wildman–Crippen LogP) is 6.88. The number of aliphatic hydroxyl groups is 1. The Morgan fingerprint density at radius 3 is 2.19 bits per heavy atom. The summed E-state index contributed by atoms with van der Waals surface area (Å²) in [5.74, 6) is 3.46. The first-order valence-electron chi connectivity index (χ1n) is 14.4. The summed E-state index contributed by atoms with van der Waals surface area (Å²) in [6.45, 7) is 3.24. The maximum atomic E-state index is 12.1. The van der Waals surface area contributed by atoms with E-state index in [1.54, 1.807) is 0 Å². The topological polar surface area (TPSA) is 41.9 Å². The third kappa shape index (κ3) is 3.45. The van der Waals surface area contributed by atoms with Crippen LogP contribution in [0.2, 0.25) is 0 Å². The maximum absolute atomic E-state index is 12.1. The second-order valence-corrected chi connectivity index (χ2v) is 11.1. The quantitative estimate of drug-likeness (QED) is 0.250. The van der Waals surface area contributed by atoms with Crippen molar-refractivity contribution in [2.24, 2.45) is 0 Å². The van der Waals surface area contributed by atoms with Crippen molar-refractivity contribution in [1.82, 2.24) is 0 Å². The molecule has 42 heavy (non-hydrogen) atoms. The van der Waals surface area contributed by atoms with Crippen LogP contribution in [0.15, 0.2) is 109 Å². The maximum Gasteiger partial charge on any atom is 0.178 e. The molecule has 1 N–H and O–H groups in total. The van der Waals surface area contributed by atoms with Gasteiger partial charge < -0.3 is 19.5 Å². The van der Waals surface area contributed by atoms with Crippen molar-refractivity contribution in [2.45, 2.75) is 11.2 Å². The van der Waals surface area contributed by atoms with Crippen LogP contribution < -0.4 is 9.64 Å². The zero-order valence-electron chi connectivity index (χ0n) is 23.1. The number of fused-ring (bicyclic) bond motifs is 8. The Labute approximate surface area is 245 Å². The SMILES string of the molecule is C#CC1(O)c2ccccc2-c2c1c1c(c3ccccc23)OC(c2ccccc2)(c2ccc(N3CCOCC3)cc2)C=C1. The lowest BCUT2D eigenvalue weighted by molar-refractivity contribution is 0.122. The second kappa shape index (κ2) is 9.36. The van der Waals surface area contributed by atoms with Gasteiger partial charge in [-0.15, -0.1) is 6.42 Å². The Hall–Kier alpha value is -4.82. The number of rotatable bonds is 3. The van der Waals surface area contributed by atoms with Crippen LogP contribution in [0.25, 0.3) is 28.0 Å². The van der Waals surface area contributed by atoms with E-state index < -0.39 is 11.2 Å². The zero-order valence-corrected chi connectivity index (χ0v) is 23.1. The zero-order chi connectivity index (χ0) is 28.3. The fourth-order valence-corrected chi connectivity index (χ4v) is 6.95. The summed E-state index contributed by atoms with van der Waals surface area (Å²) in [7, 11) is 0. The van der Waals surface area contributed by atoms with E-state index in [1.807, 2.05) is 54.6 Å². The molecule has 0 bridgehead atoms. The van der Waals surface area contributed by atoms with Gasteiger partial charge in [0.2, 0.25) is 0 Å². The van der Waals surface area contributed by atoms with E-state index in [-0.39, 0.29) is 0 Å². The van der Waals surface area contributed by atoms with Gasteiger partial charge in [-0.05, 0) is 34.7 Å². The molecule has 4 nitrogen and oxygen atoms in total. The molecule has 4 heteroatoms. The number of hydrogen-bond acceptors (Lipinski definition) is 4. The van der Waals surface area contributed by atoms with Gasteiger partial charge >= 0.3 is 0 Å². The molecule has 5 aromatic rings. The molecule has 3 aliphatic rings. The molecule has 5 aromatic carbocycles. The summed E-state index contributed by atoms with van der Waals surface area (Å²) in [6, 6.07) is 35.1. The first kappa shape index (κ1) is 24.9. The fourth-order valence-electron chi connectivity index (χ4n) is 6.95. The van der Waals surface area contributed by atoms with Crippen LogP contribution in [-0.4, -0.2) is 31.4 Å². The largest absolute Gasteiger partial charge is 0.472 e. The lowest BCUT2D eigenvalue weighted by Crippen LogP contribution is -2.37. The summed E-state index contributed by atoms with van der Waals surface area (Å²) in [4.78, 5) is 2.35. The van der Waals surface area contributed by atoms with Crippen LogP contribution in [0.1, 0.15) is 27.8 Å². The van der Waals surface area contributed by atoms with Crippen LogP contribution in [0.3, 0.4) is 0 Å². The highest BCUT2D eigenvalue weighted by molar-refractivity contribution is 6.08. The molecule has 0 saturated carbocycles. The minimum atomic E-state index is -1.57. The average Bonchev–Trinajstić information content (AvgIpc) is 3.35. The molecule has 204 valence electrons. The van der Waals surface area contributed by atoms with E-state index in [4.69, 9.17) is 15.9 Å². The van der Waals surface area contributed by atoms with Crippen molar-refractivity contribution < 1.29 is 14.6 Å². The number of terminal acetylenes is 1. The van der Waals surface area contributed by atoms with E-state index in [2.05, 4.69) is 71.5 Å². The monoisotopic (exact) mass is 547 g/mol. The molecule has 8 rings (SSSR count). The van der Waals surface area contributed by atoms with Crippen LogP contribution in [-0.2, 0) is 15.9 Å². The molecule has 2 heterocycles. The third-order valence-corrected chi connectivity index (χ3v) is 8.98. The molecular formula is C38H29NO3. The van der Waals surface area contributed by atoms with Crippen molar-refractivity contribution in [2.75, 3.05) is 31.2 Å². The average molecular weight is 548 g/mol. The Morgan fingerprint density at radius 1 is 0.762 bits per heavy atom. The van der Waals surface area contributed by atoms with Crippen LogP contribution >= 0.6 is 0 Å².